The van der Waals surface area contributed by atoms with Crippen molar-refractivity contribution in [2.24, 2.45) is 4.99 Å². The van der Waals surface area contributed by atoms with Gasteiger partial charge in [-0.2, -0.15) is 4.99 Å². The summed E-state index contributed by atoms with van der Waals surface area (Å²) in [5.41, 5.74) is 1.37. The van der Waals surface area contributed by atoms with E-state index in [1.54, 1.807) is 47.0 Å². The van der Waals surface area contributed by atoms with Crippen LogP contribution in [0, 0.1) is 0 Å². The van der Waals surface area contributed by atoms with E-state index in [1.807, 2.05) is 0 Å². The summed E-state index contributed by atoms with van der Waals surface area (Å²) in [6, 6.07) is 11.2. The zero-order valence-electron chi connectivity index (χ0n) is 15.0. The van der Waals surface area contributed by atoms with E-state index in [0.29, 0.717) is 31.2 Å². The van der Waals surface area contributed by atoms with E-state index in [2.05, 4.69) is 4.99 Å². The Morgan fingerprint density at radius 3 is 2.36 bits per heavy atom. The number of hydrogen-bond donors (Lipinski definition) is 0. The largest absolute Gasteiger partial charge is 0.468 e. The van der Waals surface area contributed by atoms with Gasteiger partial charge in [0, 0.05) is 10.6 Å². The van der Waals surface area contributed by atoms with E-state index in [-0.39, 0.29) is 6.54 Å². The number of benzene rings is 2. The van der Waals surface area contributed by atoms with E-state index < -0.39 is 17.8 Å². The SMILES string of the molecule is COC(=O)Cn1c(=NC(=O)c2ccc(Cl)cc2)sc2cc(C(=O)OC)ccc21. The van der Waals surface area contributed by atoms with E-state index in [9.17, 15) is 14.4 Å². The molecule has 0 spiro atoms. The lowest BCUT2D eigenvalue weighted by atomic mass is 10.2. The quantitative estimate of drug-likeness (QED) is 0.608. The van der Waals surface area contributed by atoms with Gasteiger partial charge in [-0.3, -0.25) is 9.59 Å². The van der Waals surface area contributed by atoms with Crippen molar-refractivity contribution in [2.75, 3.05) is 14.2 Å². The molecule has 28 heavy (non-hydrogen) atoms. The van der Waals surface area contributed by atoms with Gasteiger partial charge in [-0.05, 0) is 42.5 Å². The molecule has 2 aromatic carbocycles. The van der Waals surface area contributed by atoms with Gasteiger partial charge in [0.15, 0.2) is 4.80 Å². The second kappa shape index (κ2) is 8.37. The molecule has 0 saturated carbocycles. The van der Waals surface area contributed by atoms with E-state index in [0.717, 1.165) is 0 Å². The highest BCUT2D eigenvalue weighted by atomic mass is 35.5. The number of halogens is 1. The van der Waals surface area contributed by atoms with Gasteiger partial charge in [-0.25, -0.2) is 4.79 Å². The first-order valence-corrected chi connectivity index (χ1v) is 9.25. The van der Waals surface area contributed by atoms with Gasteiger partial charge in [0.1, 0.15) is 6.54 Å². The number of methoxy groups -OCH3 is 2. The molecule has 1 amide bonds. The van der Waals surface area contributed by atoms with E-state index in [1.165, 1.54) is 25.6 Å². The monoisotopic (exact) mass is 418 g/mol. The number of aromatic nitrogens is 1. The number of esters is 2. The van der Waals surface area contributed by atoms with Crippen LogP contribution in [0.4, 0.5) is 0 Å². The topological polar surface area (TPSA) is 87.0 Å². The normalized spacial score (nSPS) is 11.5. The highest BCUT2D eigenvalue weighted by Crippen LogP contribution is 2.20. The average Bonchev–Trinajstić information content (AvgIpc) is 3.03. The van der Waals surface area contributed by atoms with Crippen molar-refractivity contribution < 1.29 is 23.9 Å². The van der Waals surface area contributed by atoms with Crippen LogP contribution in [0.1, 0.15) is 20.7 Å². The first-order chi connectivity index (χ1) is 13.4. The molecule has 0 bridgehead atoms. The van der Waals surface area contributed by atoms with Gasteiger partial charge >= 0.3 is 11.9 Å². The van der Waals surface area contributed by atoms with Crippen molar-refractivity contribution in [3.8, 4) is 0 Å². The first-order valence-electron chi connectivity index (χ1n) is 8.06. The van der Waals surface area contributed by atoms with Crippen LogP contribution in [-0.2, 0) is 20.8 Å². The molecule has 0 aliphatic heterocycles. The Labute approximate surface area is 168 Å². The summed E-state index contributed by atoms with van der Waals surface area (Å²) >= 11 is 7.03. The second-order valence-electron chi connectivity index (χ2n) is 5.64. The van der Waals surface area contributed by atoms with Crippen LogP contribution in [0.2, 0.25) is 5.02 Å². The van der Waals surface area contributed by atoms with Crippen molar-refractivity contribution in [2.45, 2.75) is 6.54 Å². The lowest BCUT2D eigenvalue weighted by Gasteiger charge is -2.04. The minimum atomic E-state index is -0.489. The summed E-state index contributed by atoms with van der Waals surface area (Å²) in [6.07, 6.45) is 0. The molecule has 0 N–H and O–H groups in total. The molecule has 0 aliphatic carbocycles. The maximum Gasteiger partial charge on any atom is 0.337 e. The van der Waals surface area contributed by atoms with Crippen molar-refractivity contribution in [3.05, 3.63) is 63.4 Å². The van der Waals surface area contributed by atoms with Crippen LogP contribution in [-0.4, -0.2) is 36.6 Å². The van der Waals surface area contributed by atoms with Gasteiger partial charge in [0.05, 0.1) is 30.0 Å². The summed E-state index contributed by atoms with van der Waals surface area (Å²) in [5, 5.41) is 0.509. The van der Waals surface area contributed by atoms with Gasteiger partial charge in [-0.1, -0.05) is 22.9 Å². The third kappa shape index (κ3) is 4.13. The third-order valence-corrected chi connectivity index (χ3v) is 5.20. The number of carbonyl (C=O) groups excluding carboxylic acids is 3. The number of thiazole rings is 1. The van der Waals surface area contributed by atoms with Crippen LogP contribution >= 0.6 is 22.9 Å². The Hall–Kier alpha value is -2.97. The predicted molar refractivity (Wildman–Crippen MR) is 105 cm³/mol. The maximum atomic E-state index is 12.5. The molecule has 1 aromatic heterocycles. The first kappa shape index (κ1) is 19.8. The van der Waals surface area contributed by atoms with E-state index in [4.69, 9.17) is 21.1 Å². The average molecular weight is 419 g/mol. The van der Waals surface area contributed by atoms with Gasteiger partial charge in [-0.15, -0.1) is 0 Å². The summed E-state index contributed by atoms with van der Waals surface area (Å²) in [7, 11) is 2.58. The van der Waals surface area contributed by atoms with Crippen molar-refractivity contribution in [1.82, 2.24) is 4.57 Å². The van der Waals surface area contributed by atoms with Gasteiger partial charge in [0.2, 0.25) is 0 Å². The number of nitrogens with zero attached hydrogens (tertiary/aromatic N) is 2. The fraction of sp³-hybridized carbons (Fsp3) is 0.158. The number of ether oxygens (including phenoxy) is 2. The zero-order valence-corrected chi connectivity index (χ0v) is 16.5. The van der Waals surface area contributed by atoms with E-state index >= 15 is 0 Å². The lowest BCUT2D eigenvalue weighted by Crippen LogP contribution is -2.22. The molecule has 0 aliphatic rings. The number of rotatable bonds is 4. The molecule has 144 valence electrons. The number of amides is 1. The molecule has 0 saturated heterocycles. The predicted octanol–water partition coefficient (Wildman–Crippen LogP) is 3.06. The minimum absolute atomic E-state index is 0.124. The highest BCUT2D eigenvalue weighted by Gasteiger charge is 2.15. The summed E-state index contributed by atoms with van der Waals surface area (Å²) < 4.78 is 11.7. The maximum absolute atomic E-state index is 12.5. The molecule has 0 radical (unpaired) electrons. The Bertz CT molecular complexity index is 1130. The third-order valence-electron chi connectivity index (χ3n) is 3.91. The lowest BCUT2D eigenvalue weighted by molar-refractivity contribution is -0.141. The number of carbonyl (C=O) groups is 3. The Morgan fingerprint density at radius 1 is 1.04 bits per heavy atom. The molecular formula is C19H15ClN2O5S. The van der Waals surface area contributed by atoms with Crippen LogP contribution < -0.4 is 4.80 Å². The van der Waals surface area contributed by atoms with Crippen LogP contribution in [0.15, 0.2) is 47.5 Å². The Morgan fingerprint density at radius 2 is 1.71 bits per heavy atom. The Balaban J connectivity index is 2.14. The molecule has 3 aromatic rings. The van der Waals surface area contributed by atoms with Gasteiger partial charge in [0.25, 0.3) is 5.91 Å². The molecule has 0 fully saturated rings. The van der Waals surface area contributed by atoms with Crippen LogP contribution in [0.25, 0.3) is 10.2 Å². The molecular weight excluding hydrogens is 404 g/mol. The standard InChI is InChI=1S/C19H15ClN2O5S/c1-26-16(23)10-22-14-8-5-12(18(25)27-2)9-15(14)28-19(22)21-17(24)11-3-6-13(20)7-4-11/h3-9H,10H2,1-2H3. The smallest absolute Gasteiger partial charge is 0.337 e. The Kier molecular flexibility index (Phi) is 5.91. The summed E-state index contributed by atoms with van der Waals surface area (Å²) in [5.74, 6) is -1.45. The van der Waals surface area contributed by atoms with Crippen LogP contribution in [0.3, 0.4) is 0 Å². The van der Waals surface area contributed by atoms with Crippen molar-refractivity contribution in [3.63, 3.8) is 0 Å². The molecule has 9 heteroatoms. The minimum Gasteiger partial charge on any atom is -0.468 e. The zero-order chi connectivity index (χ0) is 20.3. The fourth-order valence-corrected chi connectivity index (χ4v) is 3.69. The van der Waals surface area contributed by atoms with Gasteiger partial charge < -0.3 is 14.0 Å². The molecule has 0 atom stereocenters. The fourth-order valence-electron chi connectivity index (χ4n) is 2.49. The van der Waals surface area contributed by atoms with Crippen LogP contribution in [0.5, 0.6) is 0 Å². The molecule has 7 nitrogen and oxygen atoms in total. The number of hydrogen-bond acceptors (Lipinski definition) is 6. The van der Waals surface area contributed by atoms with Crippen molar-refractivity contribution in [1.29, 1.82) is 0 Å². The van der Waals surface area contributed by atoms with Crippen molar-refractivity contribution >= 4 is 51.0 Å². The highest BCUT2D eigenvalue weighted by molar-refractivity contribution is 7.16. The molecule has 3 rings (SSSR count). The summed E-state index contributed by atoms with van der Waals surface area (Å²) in [6.45, 7) is -0.124. The molecule has 0 unspecified atom stereocenters. The number of fused-ring (bicyclic) bond motifs is 1. The second-order valence-corrected chi connectivity index (χ2v) is 7.09. The molecule has 1 heterocycles. The summed E-state index contributed by atoms with van der Waals surface area (Å²) in [4.78, 5) is 40.6.